The minimum Gasteiger partial charge on any atom is -0.454 e. The van der Waals surface area contributed by atoms with Crippen LogP contribution in [0.2, 0.25) is 5.02 Å². The lowest BCUT2D eigenvalue weighted by Crippen LogP contribution is -2.30. The molecule has 2 aromatic rings. The molecule has 0 aliphatic carbocycles. The van der Waals surface area contributed by atoms with E-state index in [1.807, 2.05) is 0 Å². The Balaban J connectivity index is 1.41. The Labute approximate surface area is 158 Å². The molecule has 2 heterocycles. The molecule has 0 unspecified atom stereocenters. The Morgan fingerprint density at radius 2 is 1.78 bits per heavy atom. The summed E-state index contributed by atoms with van der Waals surface area (Å²) in [7, 11) is 0. The van der Waals surface area contributed by atoms with Crippen LogP contribution in [0.1, 0.15) is 17.3 Å². The Bertz CT molecular complexity index is 930. The van der Waals surface area contributed by atoms with Crippen LogP contribution in [-0.2, 0) is 9.53 Å². The monoisotopic (exact) mass is 391 g/mol. The first-order chi connectivity index (χ1) is 13.0. The number of amides is 1. The summed E-state index contributed by atoms with van der Waals surface area (Å²) >= 11 is 6.06. The Morgan fingerprint density at radius 1 is 1.04 bits per heavy atom. The molecule has 0 spiro atoms. The number of halogens is 1. The molecule has 1 amide bonds. The molecule has 27 heavy (non-hydrogen) atoms. The summed E-state index contributed by atoms with van der Waals surface area (Å²) in [5.74, 6) is 0.672. The standard InChI is InChI=1S/C18H14ClNO7/c1-9(17(21)20-11-2-3-13-14(6-11)24-7-23-13)27-18(22)10-4-12(19)16-15(5-10)25-8-26-16/h2-6,9H,7-8H2,1H3,(H,20,21)/t9-/m0/s1. The number of ether oxygens (including phenoxy) is 5. The maximum atomic E-state index is 12.3. The third kappa shape index (κ3) is 3.43. The van der Waals surface area contributed by atoms with Gasteiger partial charge >= 0.3 is 5.97 Å². The van der Waals surface area contributed by atoms with E-state index in [-0.39, 0.29) is 24.2 Å². The van der Waals surface area contributed by atoms with Crippen molar-refractivity contribution in [1.82, 2.24) is 0 Å². The number of carbonyl (C=O) groups is 2. The topological polar surface area (TPSA) is 92.3 Å². The third-order valence-electron chi connectivity index (χ3n) is 3.96. The van der Waals surface area contributed by atoms with E-state index in [1.165, 1.54) is 19.1 Å². The lowest BCUT2D eigenvalue weighted by Gasteiger charge is -2.14. The molecule has 0 radical (unpaired) electrons. The van der Waals surface area contributed by atoms with E-state index in [4.69, 9.17) is 35.3 Å². The summed E-state index contributed by atoms with van der Waals surface area (Å²) in [5.41, 5.74) is 0.658. The molecule has 0 bridgehead atoms. The van der Waals surface area contributed by atoms with Crippen LogP contribution in [0.5, 0.6) is 23.0 Å². The molecule has 9 heteroatoms. The fraction of sp³-hybridized carbons (Fsp3) is 0.222. The van der Waals surface area contributed by atoms with Gasteiger partial charge in [0.05, 0.1) is 10.6 Å². The zero-order valence-corrected chi connectivity index (χ0v) is 14.9. The van der Waals surface area contributed by atoms with Crippen molar-refractivity contribution < 1.29 is 33.3 Å². The maximum Gasteiger partial charge on any atom is 0.339 e. The number of benzene rings is 2. The van der Waals surface area contributed by atoms with Crippen LogP contribution in [0.4, 0.5) is 5.69 Å². The summed E-state index contributed by atoms with van der Waals surface area (Å²) in [5, 5.41) is 2.89. The molecule has 0 fully saturated rings. The zero-order valence-electron chi connectivity index (χ0n) is 14.1. The Morgan fingerprint density at radius 3 is 2.63 bits per heavy atom. The lowest BCUT2D eigenvalue weighted by atomic mass is 10.2. The van der Waals surface area contributed by atoms with Crippen molar-refractivity contribution >= 4 is 29.2 Å². The van der Waals surface area contributed by atoms with Gasteiger partial charge in [-0.2, -0.15) is 0 Å². The number of carbonyl (C=O) groups excluding carboxylic acids is 2. The minimum atomic E-state index is -1.04. The first-order valence-corrected chi connectivity index (χ1v) is 8.39. The molecular weight excluding hydrogens is 378 g/mol. The van der Waals surface area contributed by atoms with E-state index in [0.29, 0.717) is 28.7 Å². The van der Waals surface area contributed by atoms with Crippen molar-refractivity contribution in [1.29, 1.82) is 0 Å². The van der Waals surface area contributed by atoms with Gasteiger partial charge in [0.25, 0.3) is 5.91 Å². The number of nitrogens with one attached hydrogen (secondary N) is 1. The molecule has 2 aromatic carbocycles. The van der Waals surface area contributed by atoms with E-state index in [9.17, 15) is 9.59 Å². The highest BCUT2D eigenvalue weighted by molar-refractivity contribution is 6.32. The number of hydrogen-bond donors (Lipinski definition) is 1. The average molecular weight is 392 g/mol. The second-order valence-electron chi connectivity index (χ2n) is 5.80. The van der Waals surface area contributed by atoms with Crippen LogP contribution < -0.4 is 24.3 Å². The second kappa shape index (κ2) is 6.88. The Hall–Kier alpha value is -3.13. The molecule has 1 atom stereocenters. The van der Waals surface area contributed by atoms with Crippen molar-refractivity contribution in [3.8, 4) is 23.0 Å². The maximum absolute atomic E-state index is 12.3. The van der Waals surface area contributed by atoms with E-state index in [1.54, 1.807) is 18.2 Å². The van der Waals surface area contributed by atoms with Gasteiger partial charge in [-0.05, 0) is 31.2 Å². The van der Waals surface area contributed by atoms with E-state index < -0.39 is 18.0 Å². The largest absolute Gasteiger partial charge is 0.454 e. The first-order valence-electron chi connectivity index (χ1n) is 8.02. The van der Waals surface area contributed by atoms with Crippen LogP contribution in [0, 0.1) is 0 Å². The molecule has 2 aliphatic heterocycles. The SMILES string of the molecule is C[C@H](OC(=O)c1cc(Cl)c2c(c1)OCO2)C(=O)Nc1ccc2c(c1)OCO2. The quantitative estimate of drug-likeness (QED) is 0.801. The number of esters is 1. The molecule has 1 N–H and O–H groups in total. The fourth-order valence-corrected chi connectivity index (χ4v) is 2.85. The van der Waals surface area contributed by atoms with Gasteiger partial charge in [-0.1, -0.05) is 11.6 Å². The first kappa shape index (κ1) is 17.3. The predicted octanol–water partition coefficient (Wildman–Crippen LogP) is 2.98. The van der Waals surface area contributed by atoms with Crippen LogP contribution in [0.3, 0.4) is 0 Å². The molecule has 0 saturated heterocycles. The van der Waals surface area contributed by atoms with E-state index >= 15 is 0 Å². The lowest BCUT2D eigenvalue weighted by molar-refractivity contribution is -0.123. The van der Waals surface area contributed by atoms with Gasteiger partial charge in [-0.3, -0.25) is 4.79 Å². The van der Waals surface area contributed by atoms with E-state index in [2.05, 4.69) is 5.32 Å². The number of hydrogen-bond acceptors (Lipinski definition) is 7. The van der Waals surface area contributed by atoms with Gasteiger partial charge < -0.3 is 29.0 Å². The predicted molar refractivity (Wildman–Crippen MR) is 93.6 cm³/mol. The summed E-state index contributed by atoms with van der Waals surface area (Å²) in [6.07, 6.45) is -1.04. The molecule has 2 aliphatic rings. The summed E-state index contributed by atoms with van der Waals surface area (Å²) in [6, 6.07) is 7.84. The van der Waals surface area contributed by atoms with Crippen molar-refractivity contribution in [3.63, 3.8) is 0 Å². The molecule has 140 valence electrons. The number of fused-ring (bicyclic) bond motifs is 2. The van der Waals surface area contributed by atoms with Gasteiger partial charge in [0.1, 0.15) is 0 Å². The normalized spacial score (nSPS) is 14.6. The van der Waals surface area contributed by atoms with Gasteiger partial charge in [0.2, 0.25) is 13.6 Å². The molecule has 8 nitrogen and oxygen atoms in total. The Kier molecular flexibility index (Phi) is 4.41. The summed E-state index contributed by atoms with van der Waals surface area (Å²) < 4.78 is 26.1. The fourth-order valence-electron chi connectivity index (χ4n) is 2.59. The molecule has 0 aromatic heterocycles. The van der Waals surface area contributed by atoms with Gasteiger partial charge in [0, 0.05) is 11.8 Å². The van der Waals surface area contributed by atoms with Crippen molar-refractivity contribution in [2.75, 3.05) is 18.9 Å². The highest BCUT2D eigenvalue weighted by Gasteiger charge is 2.24. The molecule has 0 saturated carbocycles. The molecule has 4 rings (SSSR count). The summed E-state index contributed by atoms with van der Waals surface area (Å²) in [4.78, 5) is 24.6. The third-order valence-corrected chi connectivity index (χ3v) is 4.24. The number of rotatable bonds is 4. The minimum absolute atomic E-state index is 0.0297. The van der Waals surface area contributed by atoms with Crippen molar-refractivity contribution in [2.24, 2.45) is 0 Å². The van der Waals surface area contributed by atoms with E-state index in [0.717, 1.165) is 0 Å². The summed E-state index contributed by atoms with van der Waals surface area (Å²) in [6.45, 7) is 1.63. The van der Waals surface area contributed by atoms with Crippen LogP contribution in [0.25, 0.3) is 0 Å². The zero-order chi connectivity index (χ0) is 19.0. The van der Waals surface area contributed by atoms with Crippen LogP contribution in [-0.4, -0.2) is 31.6 Å². The van der Waals surface area contributed by atoms with Gasteiger partial charge in [-0.25, -0.2) is 4.79 Å². The average Bonchev–Trinajstić information content (AvgIpc) is 3.30. The highest BCUT2D eigenvalue weighted by atomic mass is 35.5. The van der Waals surface area contributed by atoms with Crippen molar-refractivity contribution in [3.05, 3.63) is 40.9 Å². The van der Waals surface area contributed by atoms with Crippen LogP contribution >= 0.6 is 11.6 Å². The smallest absolute Gasteiger partial charge is 0.339 e. The van der Waals surface area contributed by atoms with Gasteiger partial charge in [0.15, 0.2) is 29.1 Å². The second-order valence-corrected chi connectivity index (χ2v) is 6.20. The van der Waals surface area contributed by atoms with Gasteiger partial charge in [-0.15, -0.1) is 0 Å². The molecular formula is C18H14ClNO7. The van der Waals surface area contributed by atoms with Crippen molar-refractivity contribution in [2.45, 2.75) is 13.0 Å². The highest BCUT2D eigenvalue weighted by Crippen LogP contribution is 2.40. The number of anilines is 1. The van der Waals surface area contributed by atoms with Crippen LogP contribution in [0.15, 0.2) is 30.3 Å².